The lowest BCUT2D eigenvalue weighted by Crippen LogP contribution is -2.67. The molecule has 2 bridgehead atoms. The third-order valence-electron chi connectivity index (χ3n) is 11.8. The summed E-state index contributed by atoms with van der Waals surface area (Å²) in [5.41, 5.74) is 9.59. The monoisotopic (exact) mass is 446 g/mol. The first-order valence-electron chi connectivity index (χ1n) is 12.9. The first-order valence-corrected chi connectivity index (χ1v) is 12.9. The van der Waals surface area contributed by atoms with Crippen LogP contribution in [0, 0.1) is 24.7 Å². The van der Waals surface area contributed by atoms with Gasteiger partial charge in [0.25, 0.3) is 0 Å². The minimum Gasteiger partial charge on any atom is -0.0626 e. The highest BCUT2D eigenvalue weighted by molar-refractivity contribution is 6.19. The summed E-state index contributed by atoms with van der Waals surface area (Å²) < 4.78 is 0. The Morgan fingerprint density at radius 2 is 0.971 bits per heavy atom. The Morgan fingerprint density at radius 1 is 0.471 bits per heavy atom. The molecule has 0 fully saturated rings. The molecule has 0 heterocycles. The van der Waals surface area contributed by atoms with Crippen molar-refractivity contribution < 1.29 is 0 Å². The van der Waals surface area contributed by atoms with Crippen molar-refractivity contribution in [3.05, 3.63) is 81.9 Å². The molecule has 4 aromatic rings. The smallest absolute Gasteiger partial charge is 0.0196 e. The summed E-state index contributed by atoms with van der Waals surface area (Å²) in [5, 5.41) is 8.31. The molecule has 3 aliphatic rings. The van der Waals surface area contributed by atoms with Crippen molar-refractivity contribution in [1.29, 1.82) is 0 Å². The van der Waals surface area contributed by atoms with E-state index in [2.05, 4.69) is 118 Å². The minimum atomic E-state index is -0.00424. The van der Waals surface area contributed by atoms with Gasteiger partial charge >= 0.3 is 0 Å². The molecule has 0 aliphatic heterocycles. The summed E-state index contributed by atoms with van der Waals surface area (Å²) in [6.45, 7) is 24.8. The molecule has 0 aromatic heterocycles. The van der Waals surface area contributed by atoms with Gasteiger partial charge in [-0.15, -0.1) is 0 Å². The molecule has 4 aromatic carbocycles. The van der Waals surface area contributed by atoms with Crippen LogP contribution in [0.25, 0.3) is 32.3 Å². The zero-order valence-electron chi connectivity index (χ0n) is 22.6. The van der Waals surface area contributed by atoms with Crippen LogP contribution < -0.4 is 0 Å². The molecule has 34 heavy (non-hydrogen) atoms. The highest BCUT2D eigenvalue weighted by Gasteiger charge is 2.69. The number of hydrogen-bond acceptors (Lipinski definition) is 0. The molecule has 0 nitrogen and oxygen atoms in total. The van der Waals surface area contributed by atoms with Crippen molar-refractivity contribution in [3.8, 4) is 0 Å². The molecule has 0 N–H and O–H groups in total. The summed E-state index contributed by atoms with van der Waals surface area (Å²) in [6, 6.07) is 18.3. The van der Waals surface area contributed by atoms with Gasteiger partial charge in [-0.05, 0) is 93.1 Å². The van der Waals surface area contributed by atoms with Gasteiger partial charge in [0.2, 0.25) is 0 Å². The molecule has 3 aliphatic carbocycles. The molecule has 7 rings (SSSR count). The maximum Gasteiger partial charge on any atom is 0.0196 e. The van der Waals surface area contributed by atoms with E-state index in [1.165, 1.54) is 43.4 Å². The summed E-state index contributed by atoms with van der Waals surface area (Å²) in [5.74, 6) is 0. The summed E-state index contributed by atoms with van der Waals surface area (Å²) in [7, 11) is 0. The number of allylic oxidation sites excluding steroid dienone is 2. The fraction of sp³-hybridized carbons (Fsp3) is 0.412. The Labute approximate surface area is 205 Å². The van der Waals surface area contributed by atoms with Gasteiger partial charge in [0, 0.05) is 10.8 Å². The van der Waals surface area contributed by atoms with Crippen LogP contribution in [-0.2, 0) is 10.8 Å². The lowest BCUT2D eigenvalue weighted by Gasteiger charge is -2.71. The third-order valence-corrected chi connectivity index (χ3v) is 11.8. The van der Waals surface area contributed by atoms with E-state index in [9.17, 15) is 0 Å². The summed E-state index contributed by atoms with van der Waals surface area (Å²) in [4.78, 5) is 0. The number of aryl methyl sites for hydroxylation is 2. The SMILES string of the molecule is CC1=C(C)C2(C)c3c(c(C)c4ccc5c6ccccc6ccc5c4c3C)C1(C)C(C)(C)C2(C)C. The van der Waals surface area contributed by atoms with Crippen molar-refractivity contribution in [2.75, 3.05) is 0 Å². The average molecular weight is 447 g/mol. The van der Waals surface area contributed by atoms with E-state index in [4.69, 9.17) is 0 Å². The van der Waals surface area contributed by atoms with Crippen LogP contribution in [0.15, 0.2) is 59.7 Å². The summed E-state index contributed by atoms with van der Waals surface area (Å²) >= 11 is 0. The largest absolute Gasteiger partial charge is 0.0626 e. The predicted octanol–water partition coefficient (Wildman–Crippen LogP) is 9.69. The number of benzene rings is 4. The van der Waals surface area contributed by atoms with Crippen LogP contribution in [0.1, 0.15) is 77.6 Å². The predicted molar refractivity (Wildman–Crippen MR) is 149 cm³/mol. The fourth-order valence-electron chi connectivity index (χ4n) is 8.63. The standard InChI is InChI=1S/C34H38/c1-19-24-17-18-26-25-14-12-11-13-23(25)15-16-27(26)28(24)20(2)30-29(19)33(9)21(3)22(4)34(30,10)32(7,8)31(33,5)6/h11-18H,1-10H3. The van der Waals surface area contributed by atoms with Crippen LogP contribution in [0.5, 0.6) is 0 Å². The van der Waals surface area contributed by atoms with Crippen molar-refractivity contribution in [2.45, 2.75) is 80.1 Å². The second kappa shape index (κ2) is 6.14. The highest BCUT2D eigenvalue weighted by Crippen LogP contribution is 2.75. The second-order valence-corrected chi connectivity index (χ2v) is 12.6. The number of fused-ring (bicyclic) bond motifs is 6. The van der Waals surface area contributed by atoms with Crippen LogP contribution in [0.2, 0.25) is 0 Å². The van der Waals surface area contributed by atoms with E-state index in [0.717, 1.165) is 0 Å². The van der Waals surface area contributed by atoms with Gasteiger partial charge < -0.3 is 0 Å². The third kappa shape index (κ3) is 1.98. The van der Waals surface area contributed by atoms with Crippen LogP contribution in [0.4, 0.5) is 0 Å². The van der Waals surface area contributed by atoms with Gasteiger partial charge in [-0.2, -0.15) is 0 Å². The summed E-state index contributed by atoms with van der Waals surface area (Å²) in [6.07, 6.45) is 0. The van der Waals surface area contributed by atoms with Gasteiger partial charge in [-0.3, -0.25) is 0 Å². The minimum absolute atomic E-state index is 0.00424. The van der Waals surface area contributed by atoms with E-state index in [0.29, 0.717) is 0 Å². The van der Waals surface area contributed by atoms with Crippen molar-refractivity contribution >= 4 is 32.3 Å². The lowest BCUT2D eigenvalue weighted by atomic mass is 9.32. The maximum absolute atomic E-state index is 2.55. The average Bonchev–Trinajstić information content (AvgIpc) is 2.81. The Morgan fingerprint density at radius 3 is 1.59 bits per heavy atom. The van der Waals surface area contributed by atoms with Crippen LogP contribution in [-0.4, -0.2) is 0 Å². The van der Waals surface area contributed by atoms with Gasteiger partial charge in [-0.1, -0.05) is 101 Å². The molecule has 2 atom stereocenters. The zero-order chi connectivity index (χ0) is 24.6. The van der Waals surface area contributed by atoms with E-state index < -0.39 is 0 Å². The molecule has 0 amide bonds. The zero-order valence-corrected chi connectivity index (χ0v) is 22.6. The molecule has 0 saturated heterocycles. The van der Waals surface area contributed by atoms with Crippen molar-refractivity contribution in [1.82, 2.24) is 0 Å². The van der Waals surface area contributed by atoms with Gasteiger partial charge in [0.1, 0.15) is 0 Å². The van der Waals surface area contributed by atoms with E-state index >= 15 is 0 Å². The van der Waals surface area contributed by atoms with Crippen LogP contribution >= 0.6 is 0 Å². The first-order chi connectivity index (χ1) is 15.8. The topological polar surface area (TPSA) is 0 Å². The maximum atomic E-state index is 2.55. The Hall–Kier alpha value is -2.60. The molecular formula is C34H38. The quantitative estimate of drug-likeness (QED) is 0.186. The fourth-order valence-corrected chi connectivity index (χ4v) is 8.63. The van der Waals surface area contributed by atoms with Crippen LogP contribution in [0.3, 0.4) is 0 Å². The lowest BCUT2D eigenvalue weighted by molar-refractivity contribution is -0.0479. The Kier molecular flexibility index (Phi) is 3.96. The first kappa shape index (κ1) is 21.9. The number of hydrogen-bond donors (Lipinski definition) is 0. The molecule has 0 spiro atoms. The second-order valence-electron chi connectivity index (χ2n) is 12.6. The van der Waals surface area contributed by atoms with Gasteiger partial charge in [0.15, 0.2) is 0 Å². The molecule has 2 unspecified atom stereocenters. The molecular weight excluding hydrogens is 408 g/mol. The Bertz CT molecular complexity index is 1610. The van der Waals surface area contributed by atoms with Crippen molar-refractivity contribution in [3.63, 3.8) is 0 Å². The highest BCUT2D eigenvalue weighted by atomic mass is 14.7. The van der Waals surface area contributed by atoms with E-state index in [1.807, 2.05) is 0 Å². The molecule has 0 heteroatoms. The van der Waals surface area contributed by atoms with E-state index in [1.54, 1.807) is 22.3 Å². The van der Waals surface area contributed by atoms with Crippen molar-refractivity contribution in [2.24, 2.45) is 10.8 Å². The van der Waals surface area contributed by atoms with E-state index in [-0.39, 0.29) is 21.7 Å². The molecule has 174 valence electrons. The normalized spacial score (nSPS) is 27.1. The molecule has 0 radical (unpaired) electrons. The van der Waals surface area contributed by atoms with Gasteiger partial charge in [-0.25, -0.2) is 0 Å². The molecule has 0 saturated carbocycles. The number of rotatable bonds is 0. The van der Waals surface area contributed by atoms with Gasteiger partial charge in [0.05, 0.1) is 0 Å². The Balaban J connectivity index is 1.89.